The molecule has 0 amide bonds. The van der Waals surface area contributed by atoms with E-state index in [1.807, 2.05) is 12.1 Å². The van der Waals surface area contributed by atoms with Crippen LogP contribution in [0.25, 0.3) is 99.2 Å². The van der Waals surface area contributed by atoms with Gasteiger partial charge >= 0.3 is 0 Å². The van der Waals surface area contributed by atoms with Crippen molar-refractivity contribution in [3.05, 3.63) is 224 Å². The van der Waals surface area contributed by atoms with Crippen molar-refractivity contribution in [3.8, 4) is 44.5 Å². The monoisotopic (exact) mass is 779 g/mol. The van der Waals surface area contributed by atoms with Gasteiger partial charge in [0.1, 0.15) is 22.3 Å². The van der Waals surface area contributed by atoms with Crippen molar-refractivity contribution in [2.75, 3.05) is 4.90 Å². The zero-order chi connectivity index (χ0) is 40.3. The molecule has 0 aliphatic heterocycles. The first-order valence-electron chi connectivity index (χ1n) is 20.7. The molecule has 0 saturated carbocycles. The molecule has 10 aromatic carbocycles. The zero-order valence-corrected chi connectivity index (χ0v) is 33.1. The van der Waals surface area contributed by atoms with Crippen molar-refractivity contribution in [2.45, 2.75) is 0 Å². The van der Waals surface area contributed by atoms with E-state index in [9.17, 15) is 0 Å². The Morgan fingerprint density at radius 3 is 1.52 bits per heavy atom. The average molecular weight is 780 g/mol. The van der Waals surface area contributed by atoms with Gasteiger partial charge in [0.15, 0.2) is 0 Å². The molecule has 0 aliphatic carbocycles. The molecule has 61 heavy (non-hydrogen) atoms. The lowest BCUT2D eigenvalue weighted by Crippen LogP contribution is -2.11. The number of anilines is 3. The average Bonchev–Trinajstić information content (AvgIpc) is 3.92. The number of benzene rings is 10. The Morgan fingerprint density at radius 2 is 0.787 bits per heavy atom. The van der Waals surface area contributed by atoms with Crippen LogP contribution in [-0.4, -0.2) is 0 Å². The van der Waals surface area contributed by atoms with E-state index in [1.54, 1.807) is 0 Å². The van der Waals surface area contributed by atoms with Crippen molar-refractivity contribution >= 4 is 71.7 Å². The summed E-state index contributed by atoms with van der Waals surface area (Å²) >= 11 is 0. The van der Waals surface area contributed by atoms with Crippen LogP contribution >= 0.6 is 0 Å². The van der Waals surface area contributed by atoms with Gasteiger partial charge < -0.3 is 13.7 Å². The predicted molar refractivity (Wildman–Crippen MR) is 255 cm³/mol. The number of para-hydroxylation sites is 2. The molecule has 286 valence electrons. The molecule has 12 aromatic rings. The van der Waals surface area contributed by atoms with Crippen LogP contribution in [0, 0.1) is 0 Å². The van der Waals surface area contributed by atoms with Gasteiger partial charge in [0.2, 0.25) is 0 Å². The minimum absolute atomic E-state index is 0.873. The summed E-state index contributed by atoms with van der Waals surface area (Å²) in [6.07, 6.45) is 0. The van der Waals surface area contributed by atoms with Gasteiger partial charge in [-0.1, -0.05) is 170 Å². The van der Waals surface area contributed by atoms with Gasteiger partial charge in [0.05, 0.1) is 5.69 Å². The van der Waals surface area contributed by atoms with E-state index < -0.39 is 0 Å². The third kappa shape index (κ3) is 5.90. The fraction of sp³-hybridized carbons (Fsp3) is 0. The molecule has 2 heterocycles. The smallest absolute Gasteiger partial charge is 0.143 e. The Morgan fingerprint density at radius 1 is 0.279 bits per heavy atom. The van der Waals surface area contributed by atoms with Gasteiger partial charge in [-0.05, 0) is 98.9 Å². The van der Waals surface area contributed by atoms with Gasteiger partial charge in [-0.3, -0.25) is 0 Å². The van der Waals surface area contributed by atoms with Crippen LogP contribution in [0.3, 0.4) is 0 Å². The molecule has 0 bridgehead atoms. The topological polar surface area (TPSA) is 29.5 Å². The van der Waals surface area contributed by atoms with Crippen molar-refractivity contribution in [2.24, 2.45) is 0 Å². The van der Waals surface area contributed by atoms with E-state index in [0.29, 0.717) is 0 Å². The van der Waals surface area contributed by atoms with Crippen LogP contribution in [0.5, 0.6) is 0 Å². The summed E-state index contributed by atoms with van der Waals surface area (Å²) in [5, 5.41) is 6.76. The van der Waals surface area contributed by atoms with Crippen molar-refractivity contribution in [3.63, 3.8) is 0 Å². The molecule has 0 aliphatic rings. The van der Waals surface area contributed by atoms with Crippen LogP contribution in [0.15, 0.2) is 233 Å². The molecule has 3 heteroatoms. The largest absolute Gasteiger partial charge is 0.456 e. The predicted octanol–water partition coefficient (Wildman–Crippen LogP) is 16.8. The zero-order valence-electron chi connectivity index (χ0n) is 33.1. The quantitative estimate of drug-likeness (QED) is 0.161. The van der Waals surface area contributed by atoms with E-state index >= 15 is 0 Å². The number of hydrogen-bond acceptors (Lipinski definition) is 3. The first-order valence-corrected chi connectivity index (χ1v) is 20.7. The number of nitrogens with zero attached hydrogens (tertiary/aromatic N) is 1. The minimum Gasteiger partial charge on any atom is -0.456 e. The van der Waals surface area contributed by atoms with E-state index in [0.717, 1.165) is 94.1 Å². The lowest BCUT2D eigenvalue weighted by Gasteiger charge is -2.28. The van der Waals surface area contributed by atoms with Crippen LogP contribution in [-0.2, 0) is 0 Å². The van der Waals surface area contributed by atoms with E-state index in [1.165, 1.54) is 22.1 Å². The molecule has 0 spiro atoms. The molecule has 0 radical (unpaired) electrons. The Hall–Kier alpha value is -8.14. The molecule has 0 fully saturated rings. The highest BCUT2D eigenvalue weighted by Gasteiger charge is 2.22. The lowest BCUT2D eigenvalue weighted by molar-refractivity contribution is 0.669. The fourth-order valence-corrected chi connectivity index (χ4v) is 9.20. The summed E-state index contributed by atoms with van der Waals surface area (Å²) < 4.78 is 12.9. The van der Waals surface area contributed by atoms with Crippen LogP contribution in [0.2, 0.25) is 0 Å². The lowest BCUT2D eigenvalue weighted by atomic mass is 9.95. The van der Waals surface area contributed by atoms with Gasteiger partial charge in [0, 0.05) is 43.9 Å². The second-order valence-corrected chi connectivity index (χ2v) is 15.6. The van der Waals surface area contributed by atoms with Gasteiger partial charge in [-0.15, -0.1) is 0 Å². The Kier molecular flexibility index (Phi) is 8.17. The van der Waals surface area contributed by atoms with Crippen molar-refractivity contribution in [1.82, 2.24) is 0 Å². The highest BCUT2D eigenvalue weighted by atomic mass is 16.3. The summed E-state index contributed by atoms with van der Waals surface area (Å²) in [7, 11) is 0. The minimum atomic E-state index is 0.873. The van der Waals surface area contributed by atoms with Crippen LogP contribution in [0.1, 0.15) is 0 Å². The van der Waals surface area contributed by atoms with E-state index in [-0.39, 0.29) is 0 Å². The summed E-state index contributed by atoms with van der Waals surface area (Å²) in [6.45, 7) is 0. The number of fused-ring (bicyclic) bond motifs is 8. The molecule has 0 unspecified atom stereocenters. The Bertz CT molecular complexity index is 3560. The molecule has 2 aromatic heterocycles. The normalized spacial score (nSPS) is 11.6. The second-order valence-electron chi connectivity index (χ2n) is 15.6. The molecule has 0 saturated heterocycles. The summed E-state index contributed by atoms with van der Waals surface area (Å²) in [5.41, 5.74) is 16.0. The molecular formula is C58H37NO2. The van der Waals surface area contributed by atoms with Crippen molar-refractivity contribution in [1.29, 1.82) is 0 Å². The number of furan rings is 2. The molecule has 0 N–H and O–H groups in total. The van der Waals surface area contributed by atoms with Crippen molar-refractivity contribution < 1.29 is 8.83 Å². The van der Waals surface area contributed by atoms with E-state index in [2.05, 4.69) is 217 Å². The van der Waals surface area contributed by atoms with Crippen LogP contribution < -0.4 is 4.90 Å². The third-order valence-electron chi connectivity index (χ3n) is 12.1. The summed E-state index contributed by atoms with van der Waals surface area (Å²) in [4.78, 5) is 2.38. The molecule has 3 nitrogen and oxygen atoms in total. The number of rotatable bonds is 7. The highest BCUT2D eigenvalue weighted by molar-refractivity contribution is 6.20. The molecular weight excluding hydrogens is 743 g/mol. The molecule has 12 rings (SSSR count). The first kappa shape index (κ1) is 34.9. The maximum absolute atomic E-state index is 6.67. The second kappa shape index (κ2) is 14.3. The maximum Gasteiger partial charge on any atom is 0.143 e. The van der Waals surface area contributed by atoms with Gasteiger partial charge in [-0.25, -0.2) is 0 Å². The Labute approximate surface area is 353 Å². The molecule has 0 atom stereocenters. The fourth-order valence-electron chi connectivity index (χ4n) is 9.20. The standard InChI is InChI=1S/C58H37NO2/c1-2-12-38(13-3-1)39-24-26-40(27-25-39)41-28-33-44(34-29-41)59(45-35-30-43(31-36-45)46-18-10-22-54-56(46)50-17-7-9-21-53(50)60-54)52-20-8-6-16-48(52)49-19-11-23-55-57(49)51-37-32-42-14-4-5-15-47(42)58(51)61-55/h1-37H. The summed E-state index contributed by atoms with van der Waals surface area (Å²) in [5.74, 6) is 0. The SMILES string of the molecule is c1ccc(-c2ccc(-c3ccc(N(c4ccc(-c5cccc6oc7ccccc7c56)cc4)c4ccccc4-c4cccc5oc6c7ccccc7ccc6c45)cc3)cc2)cc1. The summed E-state index contributed by atoms with van der Waals surface area (Å²) in [6, 6.07) is 79.9. The van der Waals surface area contributed by atoms with E-state index in [4.69, 9.17) is 8.83 Å². The maximum atomic E-state index is 6.67. The van der Waals surface area contributed by atoms with Gasteiger partial charge in [0.25, 0.3) is 0 Å². The van der Waals surface area contributed by atoms with Gasteiger partial charge in [-0.2, -0.15) is 0 Å². The third-order valence-corrected chi connectivity index (χ3v) is 12.1. The Balaban J connectivity index is 1.00. The first-order chi connectivity index (χ1) is 30.2. The highest BCUT2D eigenvalue weighted by Crippen LogP contribution is 2.46. The number of hydrogen-bond donors (Lipinski definition) is 0. The van der Waals surface area contributed by atoms with Crippen LogP contribution in [0.4, 0.5) is 17.1 Å².